The summed E-state index contributed by atoms with van der Waals surface area (Å²) in [7, 11) is 0. The Labute approximate surface area is 59.2 Å². The molecule has 0 aromatic heterocycles. The molecule has 0 fully saturated rings. The number of hydrogen-bond donors (Lipinski definition) is 0. The Balaban J connectivity index is 2.30. The van der Waals surface area contributed by atoms with Crippen LogP contribution in [0.4, 0.5) is 0 Å². The number of ether oxygens (including phenoxy) is 1. The first-order chi connectivity index (χ1) is 4.86. The van der Waals surface area contributed by atoms with Crippen molar-refractivity contribution in [1.82, 2.24) is 0 Å². The van der Waals surface area contributed by atoms with Gasteiger partial charge >= 0.3 is 0 Å². The zero-order valence-corrected chi connectivity index (χ0v) is 5.59. The van der Waals surface area contributed by atoms with Gasteiger partial charge in [-0.3, -0.25) is 4.79 Å². The van der Waals surface area contributed by atoms with Gasteiger partial charge in [-0.1, -0.05) is 0 Å². The van der Waals surface area contributed by atoms with Crippen LogP contribution in [-0.4, -0.2) is 12.4 Å². The van der Waals surface area contributed by atoms with Crippen molar-refractivity contribution in [3.05, 3.63) is 23.5 Å². The molecule has 0 aromatic carbocycles. The van der Waals surface area contributed by atoms with E-state index >= 15 is 0 Å². The number of carbonyl (C=O) groups excluding carboxylic acids is 1. The molecule has 0 saturated heterocycles. The molecule has 1 heterocycles. The van der Waals surface area contributed by atoms with Gasteiger partial charge in [-0.05, 0) is 17.7 Å². The van der Waals surface area contributed by atoms with Crippen LogP contribution >= 0.6 is 0 Å². The van der Waals surface area contributed by atoms with Crippen LogP contribution in [0.25, 0.3) is 0 Å². The quantitative estimate of drug-likeness (QED) is 0.500. The number of ketones is 1. The van der Waals surface area contributed by atoms with Gasteiger partial charge in [0.15, 0.2) is 5.78 Å². The van der Waals surface area contributed by atoms with Crippen LogP contribution in [0.15, 0.2) is 23.5 Å². The van der Waals surface area contributed by atoms with E-state index in [2.05, 4.69) is 0 Å². The largest absolute Gasteiger partial charge is 0.493 e. The maximum atomic E-state index is 10.8. The van der Waals surface area contributed by atoms with Crippen molar-refractivity contribution in [1.29, 1.82) is 0 Å². The van der Waals surface area contributed by atoms with Gasteiger partial charge in [0.05, 0.1) is 6.61 Å². The van der Waals surface area contributed by atoms with Crippen LogP contribution in [0.2, 0.25) is 0 Å². The highest BCUT2D eigenvalue weighted by atomic mass is 16.5. The van der Waals surface area contributed by atoms with E-state index in [0.717, 1.165) is 18.8 Å². The van der Waals surface area contributed by atoms with Crippen LogP contribution in [-0.2, 0) is 9.53 Å². The van der Waals surface area contributed by atoms with Gasteiger partial charge < -0.3 is 4.74 Å². The maximum absolute atomic E-state index is 10.8. The Bertz CT molecular complexity index is 236. The summed E-state index contributed by atoms with van der Waals surface area (Å²) < 4.78 is 5.25. The standard InChI is InChI=1S/C8H8O2/c9-7-1-2-8-6(5-7)3-4-10-8/h1-2H,3-5H2. The van der Waals surface area contributed by atoms with E-state index in [9.17, 15) is 4.79 Å². The molecule has 0 amide bonds. The van der Waals surface area contributed by atoms with Gasteiger partial charge in [-0.25, -0.2) is 0 Å². The molecular weight excluding hydrogens is 128 g/mol. The molecule has 1 aliphatic carbocycles. The smallest absolute Gasteiger partial charge is 0.160 e. The minimum Gasteiger partial charge on any atom is -0.493 e. The van der Waals surface area contributed by atoms with Crippen LogP contribution in [0, 0.1) is 0 Å². The van der Waals surface area contributed by atoms with Crippen LogP contribution in [0.5, 0.6) is 0 Å². The first kappa shape index (κ1) is 5.71. The van der Waals surface area contributed by atoms with E-state index in [4.69, 9.17) is 4.74 Å². The predicted molar refractivity (Wildman–Crippen MR) is 36.4 cm³/mol. The van der Waals surface area contributed by atoms with Gasteiger partial charge in [0.2, 0.25) is 0 Å². The van der Waals surface area contributed by atoms with E-state index in [1.807, 2.05) is 0 Å². The molecule has 1 aliphatic heterocycles. The first-order valence-electron chi connectivity index (χ1n) is 3.42. The number of rotatable bonds is 0. The molecule has 0 atom stereocenters. The predicted octanol–water partition coefficient (Wildman–Crippen LogP) is 1.19. The van der Waals surface area contributed by atoms with E-state index in [-0.39, 0.29) is 5.78 Å². The average molecular weight is 136 g/mol. The molecule has 0 saturated carbocycles. The fourth-order valence-corrected chi connectivity index (χ4v) is 1.29. The van der Waals surface area contributed by atoms with Gasteiger partial charge in [-0.15, -0.1) is 0 Å². The highest BCUT2D eigenvalue weighted by Crippen LogP contribution is 2.26. The first-order valence-corrected chi connectivity index (χ1v) is 3.42. The van der Waals surface area contributed by atoms with Crippen molar-refractivity contribution in [2.75, 3.05) is 6.61 Å². The van der Waals surface area contributed by atoms with Crippen molar-refractivity contribution in [2.45, 2.75) is 12.8 Å². The lowest BCUT2D eigenvalue weighted by atomic mass is 10.0. The summed E-state index contributed by atoms with van der Waals surface area (Å²) in [4.78, 5) is 10.8. The Morgan fingerprint density at radius 1 is 1.40 bits per heavy atom. The van der Waals surface area contributed by atoms with Gasteiger partial charge in [-0.2, -0.15) is 0 Å². The lowest BCUT2D eigenvalue weighted by molar-refractivity contribution is -0.114. The normalized spacial score (nSPS) is 23.0. The summed E-state index contributed by atoms with van der Waals surface area (Å²) in [5, 5.41) is 0. The van der Waals surface area contributed by atoms with Crippen molar-refractivity contribution in [3.8, 4) is 0 Å². The maximum Gasteiger partial charge on any atom is 0.160 e. The highest BCUT2D eigenvalue weighted by Gasteiger charge is 2.19. The zero-order valence-electron chi connectivity index (χ0n) is 5.59. The topological polar surface area (TPSA) is 26.3 Å². The summed E-state index contributed by atoms with van der Waals surface area (Å²) in [6.45, 7) is 0.752. The molecule has 0 spiro atoms. The van der Waals surface area contributed by atoms with Crippen LogP contribution in [0.3, 0.4) is 0 Å². The van der Waals surface area contributed by atoms with Gasteiger partial charge in [0.1, 0.15) is 5.76 Å². The van der Waals surface area contributed by atoms with Crippen LogP contribution in [0.1, 0.15) is 12.8 Å². The van der Waals surface area contributed by atoms with E-state index in [1.165, 1.54) is 5.57 Å². The van der Waals surface area contributed by atoms with Crippen molar-refractivity contribution in [3.63, 3.8) is 0 Å². The monoisotopic (exact) mass is 136 g/mol. The van der Waals surface area contributed by atoms with Gasteiger partial charge in [0.25, 0.3) is 0 Å². The average Bonchev–Trinajstić information content (AvgIpc) is 2.33. The van der Waals surface area contributed by atoms with Gasteiger partial charge in [0, 0.05) is 12.8 Å². The third-order valence-corrected chi connectivity index (χ3v) is 1.82. The minimum atomic E-state index is 0.198. The highest BCUT2D eigenvalue weighted by molar-refractivity contribution is 5.93. The summed E-state index contributed by atoms with van der Waals surface area (Å²) >= 11 is 0. The third-order valence-electron chi connectivity index (χ3n) is 1.82. The SMILES string of the molecule is O=C1C=CC2=C(CCO2)C1. The van der Waals surface area contributed by atoms with E-state index in [0.29, 0.717) is 6.42 Å². The van der Waals surface area contributed by atoms with Crippen molar-refractivity contribution in [2.24, 2.45) is 0 Å². The summed E-state index contributed by atoms with van der Waals surface area (Å²) in [6, 6.07) is 0. The summed E-state index contributed by atoms with van der Waals surface area (Å²) in [5.41, 5.74) is 1.17. The Hall–Kier alpha value is -1.05. The third kappa shape index (κ3) is 0.764. The molecule has 52 valence electrons. The molecule has 2 rings (SSSR count). The number of hydrogen-bond acceptors (Lipinski definition) is 2. The summed E-state index contributed by atoms with van der Waals surface area (Å²) in [6.07, 6.45) is 4.87. The molecular formula is C8H8O2. The fourth-order valence-electron chi connectivity index (χ4n) is 1.29. The lowest BCUT2D eigenvalue weighted by Gasteiger charge is -2.03. The van der Waals surface area contributed by atoms with Crippen molar-refractivity contribution >= 4 is 5.78 Å². The molecule has 0 unspecified atom stereocenters. The fraction of sp³-hybridized carbons (Fsp3) is 0.375. The van der Waals surface area contributed by atoms with Crippen LogP contribution < -0.4 is 0 Å². The Morgan fingerprint density at radius 3 is 3.20 bits per heavy atom. The Morgan fingerprint density at radius 2 is 2.30 bits per heavy atom. The second-order valence-corrected chi connectivity index (χ2v) is 2.54. The molecule has 2 aliphatic rings. The second kappa shape index (κ2) is 1.97. The molecule has 2 heteroatoms. The van der Waals surface area contributed by atoms with Crippen molar-refractivity contribution < 1.29 is 9.53 Å². The molecule has 0 N–H and O–H groups in total. The molecule has 0 bridgehead atoms. The minimum absolute atomic E-state index is 0.198. The van der Waals surface area contributed by atoms with E-state index in [1.54, 1.807) is 12.2 Å². The lowest BCUT2D eigenvalue weighted by Crippen LogP contribution is -2.00. The molecule has 2 nitrogen and oxygen atoms in total. The zero-order chi connectivity index (χ0) is 6.97. The number of carbonyl (C=O) groups is 1. The molecule has 0 aromatic rings. The molecule has 0 radical (unpaired) electrons. The second-order valence-electron chi connectivity index (χ2n) is 2.54. The Kier molecular flexibility index (Phi) is 1.13. The molecule has 10 heavy (non-hydrogen) atoms. The van der Waals surface area contributed by atoms with E-state index < -0.39 is 0 Å². The summed E-state index contributed by atoms with van der Waals surface area (Å²) in [5.74, 6) is 1.13. The number of allylic oxidation sites excluding steroid dienone is 2.